The van der Waals surface area contributed by atoms with Crippen LogP contribution in [-0.4, -0.2) is 49.1 Å². The number of benzene rings is 1. The van der Waals surface area contributed by atoms with Gasteiger partial charge in [-0.2, -0.15) is 0 Å². The molecule has 1 heterocycles. The van der Waals surface area contributed by atoms with Crippen molar-refractivity contribution in [2.75, 3.05) is 26.3 Å². The van der Waals surface area contributed by atoms with Crippen molar-refractivity contribution < 1.29 is 14.3 Å². The highest BCUT2D eigenvalue weighted by Gasteiger charge is 2.18. The molecule has 1 atom stereocenters. The lowest BCUT2D eigenvalue weighted by atomic mass is 10.1. The van der Waals surface area contributed by atoms with E-state index in [9.17, 15) is 9.59 Å². The number of amides is 2. The van der Waals surface area contributed by atoms with E-state index >= 15 is 0 Å². The molecule has 1 aliphatic heterocycles. The Morgan fingerprint density at radius 2 is 1.76 bits per heavy atom. The normalized spacial score (nSPS) is 16.4. The molecule has 2 amide bonds. The summed E-state index contributed by atoms with van der Waals surface area (Å²) in [6, 6.07) is 6.97. The first-order chi connectivity index (χ1) is 10.1. The molecular formula is C16H22N2O3. The molecule has 1 aromatic rings. The molecule has 21 heavy (non-hydrogen) atoms. The molecule has 1 aromatic carbocycles. The predicted molar refractivity (Wildman–Crippen MR) is 80.4 cm³/mol. The van der Waals surface area contributed by atoms with Crippen LogP contribution < -0.4 is 5.32 Å². The summed E-state index contributed by atoms with van der Waals surface area (Å²) >= 11 is 0. The summed E-state index contributed by atoms with van der Waals surface area (Å²) in [7, 11) is 0. The molecular weight excluding hydrogens is 268 g/mol. The first-order valence-electron chi connectivity index (χ1n) is 7.39. The van der Waals surface area contributed by atoms with Crippen molar-refractivity contribution in [2.24, 2.45) is 0 Å². The molecule has 1 unspecified atom stereocenters. The number of carbonyl (C=O) groups is 2. The highest BCUT2D eigenvalue weighted by Crippen LogP contribution is 2.10. The van der Waals surface area contributed by atoms with E-state index in [4.69, 9.17) is 4.74 Å². The van der Waals surface area contributed by atoms with Crippen LogP contribution >= 0.6 is 0 Å². The van der Waals surface area contributed by atoms with Gasteiger partial charge in [0.2, 0.25) is 0 Å². The van der Waals surface area contributed by atoms with E-state index in [1.165, 1.54) is 0 Å². The smallest absolute Gasteiger partial charge is 0.254 e. The van der Waals surface area contributed by atoms with Crippen molar-refractivity contribution in [3.05, 3.63) is 35.4 Å². The number of nitrogens with one attached hydrogen (secondary N) is 1. The van der Waals surface area contributed by atoms with Crippen molar-refractivity contribution in [3.63, 3.8) is 0 Å². The van der Waals surface area contributed by atoms with Gasteiger partial charge < -0.3 is 15.0 Å². The van der Waals surface area contributed by atoms with E-state index < -0.39 is 0 Å². The zero-order chi connectivity index (χ0) is 15.2. The van der Waals surface area contributed by atoms with E-state index in [-0.39, 0.29) is 17.9 Å². The lowest BCUT2D eigenvalue weighted by Gasteiger charge is -2.26. The van der Waals surface area contributed by atoms with Crippen LogP contribution in [0.5, 0.6) is 0 Å². The van der Waals surface area contributed by atoms with Crippen LogP contribution in [0.4, 0.5) is 0 Å². The topological polar surface area (TPSA) is 58.6 Å². The number of carbonyl (C=O) groups excluding carboxylic acids is 2. The SMILES string of the molecule is CCC(C)NC(=O)c1ccc(C(=O)N2CCOCC2)cc1. The van der Waals surface area contributed by atoms with E-state index in [2.05, 4.69) is 5.32 Å². The number of nitrogens with zero attached hydrogens (tertiary/aromatic N) is 1. The minimum absolute atomic E-state index is 0.00724. The summed E-state index contributed by atoms with van der Waals surface area (Å²) in [6.07, 6.45) is 0.888. The Kier molecular flexibility index (Phi) is 5.33. The van der Waals surface area contributed by atoms with Crippen LogP contribution in [0.15, 0.2) is 24.3 Å². The van der Waals surface area contributed by atoms with Gasteiger partial charge in [-0.15, -0.1) is 0 Å². The average Bonchev–Trinajstić information content (AvgIpc) is 2.55. The number of morpholine rings is 1. The highest BCUT2D eigenvalue weighted by atomic mass is 16.5. The summed E-state index contributed by atoms with van der Waals surface area (Å²) in [5, 5.41) is 2.91. The van der Waals surface area contributed by atoms with Gasteiger partial charge in [0.15, 0.2) is 0 Å². The van der Waals surface area contributed by atoms with Gasteiger partial charge in [0.1, 0.15) is 0 Å². The molecule has 1 saturated heterocycles. The lowest BCUT2D eigenvalue weighted by Crippen LogP contribution is -2.40. The summed E-state index contributed by atoms with van der Waals surface area (Å²) in [5.74, 6) is -0.109. The molecule has 5 heteroatoms. The minimum atomic E-state index is -0.102. The first kappa shape index (κ1) is 15.5. The Bertz CT molecular complexity index is 493. The maximum absolute atomic E-state index is 12.3. The number of rotatable bonds is 4. The van der Waals surface area contributed by atoms with E-state index in [0.717, 1.165) is 6.42 Å². The molecule has 0 aliphatic carbocycles. The molecule has 0 radical (unpaired) electrons. The third kappa shape index (κ3) is 4.04. The predicted octanol–water partition coefficient (Wildman–Crippen LogP) is 1.69. The zero-order valence-electron chi connectivity index (χ0n) is 12.6. The fourth-order valence-electron chi connectivity index (χ4n) is 2.12. The first-order valence-corrected chi connectivity index (χ1v) is 7.39. The lowest BCUT2D eigenvalue weighted by molar-refractivity contribution is 0.0303. The van der Waals surface area contributed by atoms with Gasteiger partial charge >= 0.3 is 0 Å². The van der Waals surface area contributed by atoms with Gasteiger partial charge in [0.25, 0.3) is 11.8 Å². The van der Waals surface area contributed by atoms with E-state index in [0.29, 0.717) is 37.4 Å². The summed E-state index contributed by atoms with van der Waals surface area (Å²) in [5.41, 5.74) is 1.19. The van der Waals surface area contributed by atoms with Crippen molar-refractivity contribution in [1.29, 1.82) is 0 Å². The molecule has 1 aliphatic rings. The molecule has 0 saturated carbocycles. The van der Waals surface area contributed by atoms with Crippen LogP contribution in [0, 0.1) is 0 Å². The molecule has 5 nitrogen and oxygen atoms in total. The van der Waals surface area contributed by atoms with E-state index in [1.807, 2.05) is 13.8 Å². The van der Waals surface area contributed by atoms with Crippen LogP contribution in [0.1, 0.15) is 41.0 Å². The molecule has 0 spiro atoms. The minimum Gasteiger partial charge on any atom is -0.378 e. The largest absolute Gasteiger partial charge is 0.378 e. The Hall–Kier alpha value is -1.88. The standard InChI is InChI=1S/C16H22N2O3/c1-3-12(2)17-15(19)13-4-6-14(7-5-13)16(20)18-8-10-21-11-9-18/h4-7,12H,3,8-11H2,1-2H3,(H,17,19). The number of ether oxygens (including phenoxy) is 1. The summed E-state index contributed by atoms with van der Waals surface area (Å²) < 4.78 is 5.24. The molecule has 0 bridgehead atoms. The van der Waals surface area contributed by atoms with Gasteiger partial charge in [-0.25, -0.2) is 0 Å². The second-order valence-electron chi connectivity index (χ2n) is 5.26. The fraction of sp³-hybridized carbons (Fsp3) is 0.500. The van der Waals surface area contributed by atoms with Gasteiger partial charge in [0.05, 0.1) is 13.2 Å². The Morgan fingerprint density at radius 1 is 1.19 bits per heavy atom. The Labute approximate surface area is 125 Å². The van der Waals surface area contributed by atoms with Gasteiger partial charge in [0, 0.05) is 30.3 Å². The van der Waals surface area contributed by atoms with Crippen molar-refractivity contribution in [1.82, 2.24) is 10.2 Å². The third-order valence-electron chi connectivity index (χ3n) is 3.68. The van der Waals surface area contributed by atoms with Crippen LogP contribution in [0.25, 0.3) is 0 Å². The number of hydrogen-bond donors (Lipinski definition) is 1. The Morgan fingerprint density at radius 3 is 2.33 bits per heavy atom. The molecule has 114 valence electrons. The molecule has 0 aromatic heterocycles. The third-order valence-corrected chi connectivity index (χ3v) is 3.68. The van der Waals surface area contributed by atoms with E-state index in [1.54, 1.807) is 29.2 Å². The van der Waals surface area contributed by atoms with Crippen molar-refractivity contribution in [3.8, 4) is 0 Å². The molecule has 2 rings (SSSR count). The van der Waals surface area contributed by atoms with Crippen LogP contribution in [-0.2, 0) is 4.74 Å². The second kappa shape index (κ2) is 7.22. The van der Waals surface area contributed by atoms with Gasteiger partial charge in [-0.1, -0.05) is 6.92 Å². The second-order valence-corrected chi connectivity index (χ2v) is 5.26. The summed E-state index contributed by atoms with van der Waals surface area (Å²) in [6.45, 7) is 6.40. The summed E-state index contributed by atoms with van der Waals surface area (Å²) in [4.78, 5) is 26.0. The number of hydrogen-bond acceptors (Lipinski definition) is 3. The maximum atomic E-state index is 12.3. The quantitative estimate of drug-likeness (QED) is 0.918. The zero-order valence-corrected chi connectivity index (χ0v) is 12.6. The van der Waals surface area contributed by atoms with Gasteiger partial charge in [-0.3, -0.25) is 9.59 Å². The monoisotopic (exact) mass is 290 g/mol. The van der Waals surface area contributed by atoms with Crippen molar-refractivity contribution >= 4 is 11.8 Å². The Balaban J connectivity index is 2.01. The van der Waals surface area contributed by atoms with Crippen LogP contribution in [0.3, 0.4) is 0 Å². The van der Waals surface area contributed by atoms with Crippen LogP contribution in [0.2, 0.25) is 0 Å². The molecule has 1 N–H and O–H groups in total. The molecule has 1 fully saturated rings. The highest BCUT2D eigenvalue weighted by molar-refractivity contribution is 5.97. The average molecular weight is 290 g/mol. The fourth-order valence-corrected chi connectivity index (χ4v) is 2.12. The van der Waals surface area contributed by atoms with Gasteiger partial charge in [-0.05, 0) is 37.6 Å². The maximum Gasteiger partial charge on any atom is 0.254 e. The van der Waals surface area contributed by atoms with Crippen molar-refractivity contribution in [2.45, 2.75) is 26.3 Å².